The van der Waals surface area contributed by atoms with Gasteiger partial charge in [0, 0.05) is 49.8 Å². The highest BCUT2D eigenvalue weighted by Crippen LogP contribution is 2.37. The summed E-state index contributed by atoms with van der Waals surface area (Å²) in [5.74, 6) is 0.600. The molecule has 4 rings (SSSR count). The van der Waals surface area contributed by atoms with E-state index in [-0.39, 0.29) is 30.9 Å². The largest absolute Gasteiger partial charge is 0.454 e. The van der Waals surface area contributed by atoms with Crippen LogP contribution in [0.5, 0.6) is 11.5 Å². The van der Waals surface area contributed by atoms with Crippen molar-refractivity contribution in [3.63, 3.8) is 0 Å². The molecule has 0 spiro atoms. The number of nitrogens with zero attached hydrogens (tertiary/aromatic N) is 2. The fourth-order valence-electron chi connectivity index (χ4n) is 3.71. The van der Waals surface area contributed by atoms with Gasteiger partial charge in [0.25, 0.3) is 5.91 Å². The van der Waals surface area contributed by atoms with E-state index in [2.05, 4.69) is 5.32 Å². The zero-order valence-electron chi connectivity index (χ0n) is 18.0. The third kappa shape index (κ3) is 4.93. The lowest BCUT2D eigenvalue weighted by atomic mass is 10.1. The Bertz CT molecular complexity index is 1030. The van der Waals surface area contributed by atoms with Gasteiger partial charge in [-0.25, -0.2) is 0 Å². The number of rotatable bonds is 7. The van der Waals surface area contributed by atoms with Crippen LogP contribution in [0.15, 0.2) is 24.3 Å². The van der Waals surface area contributed by atoms with Crippen molar-refractivity contribution in [3.8, 4) is 11.5 Å². The van der Waals surface area contributed by atoms with Crippen LogP contribution in [0.25, 0.3) is 0 Å². The summed E-state index contributed by atoms with van der Waals surface area (Å²) >= 11 is 1.44. The first-order valence-corrected chi connectivity index (χ1v) is 11.1. The molecule has 1 fully saturated rings. The van der Waals surface area contributed by atoms with Crippen LogP contribution < -0.4 is 14.8 Å². The average Bonchev–Trinajstić information content (AvgIpc) is 3.42. The van der Waals surface area contributed by atoms with Crippen molar-refractivity contribution in [2.45, 2.75) is 13.5 Å². The molecule has 1 aromatic carbocycles. The molecule has 1 N–H and O–H groups in total. The summed E-state index contributed by atoms with van der Waals surface area (Å²) in [5, 5.41) is 2.82. The topological polar surface area (TPSA) is 97.4 Å². The van der Waals surface area contributed by atoms with Gasteiger partial charge in [-0.15, -0.1) is 11.3 Å². The van der Waals surface area contributed by atoms with E-state index < -0.39 is 0 Å². The predicted molar refractivity (Wildman–Crippen MR) is 119 cm³/mol. The van der Waals surface area contributed by atoms with Gasteiger partial charge < -0.3 is 24.4 Å². The van der Waals surface area contributed by atoms with Crippen LogP contribution in [0.1, 0.15) is 31.8 Å². The van der Waals surface area contributed by atoms with Crippen LogP contribution in [0, 0.1) is 0 Å². The first-order chi connectivity index (χ1) is 15.4. The lowest BCUT2D eigenvalue weighted by molar-refractivity contribution is -0.117. The second-order valence-electron chi connectivity index (χ2n) is 7.62. The van der Waals surface area contributed by atoms with Crippen molar-refractivity contribution >= 4 is 34.6 Å². The van der Waals surface area contributed by atoms with Crippen molar-refractivity contribution < 1.29 is 28.6 Å². The number of amides is 2. The molecule has 9 nitrogen and oxygen atoms in total. The number of fused-ring (bicyclic) bond motifs is 1. The summed E-state index contributed by atoms with van der Waals surface area (Å²) in [4.78, 5) is 42.9. The van der Waals surface area contributed by atoms with Crippen LogP contribution >= 0.6 is 11.3 Å². The number of Topliss-reactive ketones (excluding diaryl/α,β-unsaturated/α-hetero) is 1. The van der Waals surface area contributed by atoms with E-state index in [0.29, 0.717) is 60.4 Å². The average molecular weight is 460 g/mol. The molecule has 2 amide bonds. The molecule has 0 saturated carbocycles. The maximum atomic E-state index is 12.7. The van der Waals surface area contributed by atoms with Gasteiger partial charge in [-0.05, 0) is 25.1 Å². The number of hydrogen-bond acceptors (Lipinski definition) is 8. The molecule has 0 aliphatic carbocycles. The minimum absolute atomic E-state index is 0.00733. The number of hydrogen-bond donors (Lipinski definition) is 1. The molecule has 1 saturated heterocycles. The minimum atomic E-state index is -0.228. The van der Waals surface area contributed by atoms with Crippen molar-refractivity contribution in [1.29, 1.82) is 0 Å². The highest BCUT2D eigenvalue weighted by molar-refractivity contribution is 7.14. The number of methoxy groups -OCH3 is 1. The smallest absolute Gasteiger partial charge is 0.264 e. The van der Waals surface area contributed by atoms with Crippen molar-refractivity contribution in [2.24, 2.45) is 0 Å². The van der Waals surface area contributed by atoms with E-state index in [1.54, 1.807) is 19.2 Å². The maximum absolute atomic E-state index is 12.7. The molecule has 2 aliphatic heterocycles. The molecular formula is C22H25N3O6S. The molecule has 10 heteroatoms. The monoisotopic (exact) mass is 459 g/mol. The van der Waals surface area contributed by atoms with E-state index in [1.165, 1.54) is 18.3 Å². The van der Waals surface area contributed by atoms with E-state index in [1.807, 2.05) is 21.9 Å². The molecule has 0 radical (unpaired) electrons. The van der Waals surface area contributed by atoms with Crippen LogP contribution in [-0.4, -0.2) is 74.0 Å². The summed E-state index contributed by atoms with van der Waals surface area (Å²) in [6.07, 6.45) is 0. The first kappa shape index (κ1) is 22.3. The molecule has 32 heavy (non-hydrogen) atoms. The van der Waals surface area contributed by atoms with Crippen molar-refractivity contribution in [2.75, 3.05) is 51.9 Å². The Morgan fingerprint density at radius 1 is 1.09 bits per heavy atom. The fraction of sp³-hybridized carbons (Fsp3) is 0.409. The van der Waals surface area contributed by atoms with Crippen molar-refractivity contribution in [3.05, 3.63) is 39.6 Å². The Labute approximate surface area is 189 Å². The van der Waals surface area contributed by atoms with Gasteiger partial charge in [0.1, 0.15) is 0 Å². The van der Waals surface area contributed by atoms with Gasteiger partial charge in [0.15, 0.2) is 17.3 Å². The summed E-state index contributed by atoms with van der Waals surface area (Å²) in [7, 11) is 1.63. The van der Waals surface area contributed by atoms with Crippen molar-refractivity contribution in [1.82, 2.24) is 9.80 Å². The van der Waals surface area contributed by atoms with Crippen LogP contribution in [0.2, 0.25) is 0 Å². The van der Waals surface area contributed by atoms with E-state index in [4.69, 9.17) is 14.2 Å². The standard InChI is InChI=1S/C22H25N3O6S/c1-14(26)16-9-18-19(31-13-30-18)10-17(16)23-21(27)11-24-5-7-25(8-6-24)22(28)20-4-3-15(32-20)12-29-2/h3-4,9-10H,5-8,11-13H2,1-2H3,(H,23,27). The fourth-order valence-corrected chi connectivity index (χ4v) is 4.65. The number of thiophene rings is 1. The number of carbonyl (C=O) groups excluding carboxylic acids is 3. The molecule has 1 aromatic heterocycles. The number of benzene rings is 1. The minimum Gasteiger partial charge on any atom is -0.454 e. The summed E-state index contributed by atoms with van der Waals surface area (Å²) in [6.45, 7) is 4.48. The van der Waals surface area contributed by atoms with E-state index in [9.17, 15) is 14.4 Å². The molecular weight excluding hydrogens is 434 g/mol. The Morgan fingerprint density at radius 2 is 1.81 bits per heavy atom. The van der Waals surface area contributed by atoms with Gasteiger partial charge in [-0.2, -0.15) is 0 Å². The van der Waals surface area contributed by atoms with Crippen LogP contribution in [0.4, 0.5) is 5.69 Å². The van der Waals surface area contributed by atoms with Crippen LogP contribution in [0.3, 0.4) is 0 Å². The highest BCUT2D eigenvalue weighted by Gasteiger charge is 2.25. The van der Waals surface area contributed by atoms with Gasteiger partial charge in [-0.3, -0.25) is 19.3 Å². The predicted octanol–water partition coefficient (Wildman–Crippen LogP) is 2.22. The summed E-state index contributed by atoms with van der Waals surface area (Å²) in [6, 6.07) is 6.95. The highest BCUT2D eigenvalue weighted by atomic mass is 32.1. The second kappa shape index (κ2) is 9.68. The zero-order chi connectivity index (χ0) is 22.7. The lowest BCUT2D eigenvalue weighted by Gasteiger charge is -2.34. The molecule has 0 bridgehead atoms. The third-order valence-corrected chi connectivity index (χ3v) is 6.40. The molecule has 0 unspecified atom stereocenters. The number of carbonyl (C=O) groups is 3. The maximum Gasteiger partial charge on any atom is 0.264 e. The molecule has 2 aromatic rings. The van der Waals surface area contributed by atoms with Gasteiger partial charge in [0.2, 0.25) is 12.7 Å². The summed E-state index contributed by atoms with van der Waals surface area (Å²) in [5.41, 5.74) is 0.784. The Balaban J connectivity index is 1.31. The summed E-state index contributed by atoms with van der Waals surface area (Å²) < 4.78 is 15.8. The first-order valence-electron chi connectivity index (χ1n) is 10.3. The number of nitrogens with one attached hydrogen (secondary N) is 1. The SMILES string of the molecule is COCc1ccc(C(=O)N2CCN(CC(=O)Nc3cc4c(cc3C(C)=O)OCO4)CC2)s1. The third-order valence-electron chi connectivity index (χ3n) is 5.35. The van der Waals surface area contributed by atoms with Gasteiger partial charge >= 0.3 is 0 Å². The number of anilines is 1. The quantitative estimate of drug-likeness (QED) is 0.634. The van der Waals surface area contributed by atoms with Crippen LogP contribution in [-0.2, 0) is 16.1 Å². The zero-order valence-corrected chi connectivity index (χ0v) is 18.8. The Morgan fingerprint density at radius 3 is 2.50 bits per heavy atom. The van der Waals surface area contributed by atoms with E-state index >= 15 is 0 Å². The lowest BCUT2D eigenvalue weighted by Crippen LogP contribution is -2.50. The van der Waals surface area contributed by atoms with Gasteiger partial charge in [0.05, 0.1) is 23.7 Å². The van der Waals surface area contributed by atoms with Gasteiger partial charge in [-0.1, -0.05) is 0 Å². The number of ether oxygens (including phenoxy) is 3. The number of piperazine rings is 1. The molecule has 2 aliphatic rings. The number of ketones is 1. The molecule has 3 heterocycles. The Kier molecular flexibility index (Phi) is 6.73. The van der Waals surface area contributed by atoms with E-state index in [0.717, 1.165) is 4.88 Å². The molecule has 0 atom stereocenters. The normalized spacial score (nSPS) is 15.6. The Hall–Kier alpha value is -2.95. The second-order valence-corrected chi connectivity index (χ2v) is 8.79. The molecule has 170 valence electrons.